The van der Waals surface area contributed by atoms with Gasteiger partial charge in [0.25, 0.3) is 0 Å². The van der Waals surface area contributed by atoms with Gasteiger partial charge in [0, 0.05) is 34.1 Å². The zero-order valence-electron chi connectivity index (χ0n) is 39.2. The second kappa shape index (κ2) is 21.1. The summed E-state index contributed by atoms with van der Waals surface area (Å²) in [6, 6.07) is 93.1. The molecule has 0 saturated heterocycles. The van der Waals surface area contributed by atoms with Gasteiger partial charge in [-0.25, -0.2) is 10.0 Å². The lowest BCUT2D eigenvalue weighted by molar-refractivity contribution is 1.09. The molecule has 338 valence electrons. The fraction of sp³-hybridized carbons (Fsp3) is 0.0312. The quantitative estimate of drug-likeness (QED) is 0.0759. The Morgan fingerprint density at radius 1 is 0.243 bits per heavy atom. The van der Waals surface area contributed by atoms with E-state index < -0.39 is 0 Å². The second-order valence-electron chi connectivity index (χ2n) is 17.1. The van der Waals surface area contributed by atoms with Gasteiger partial charge < -0.3 is 9.80 Å². The summed E-state index contributed by atoms with van der Waals surface area (Å²) < 4.78 is 0. The largest absolute Gasteiger partial charge is 0.311 e. The predicted molar refractivity (Wildman–Crippen MR) is 296 cm³/mol. The van der Waals surface area contributed by atoms with Gasteiger partial charge in [-0.1, -0.05) is 157 Å². The van der Waals surface area contributed by atoms with E-state index in [0.29, 0.717) is 0 Å². The first kappa shape index (κ1) is 44.6. The molecule has 0 bridgehead atoms. The van der Waals surface area contributed by atoms with E-state index in [2.05, 4.69) is 218 Å². The number of anilines is 10. The number of nitrogens with zero attached hydrogens (tertiary/aromatic N) is 6. The molecule has 0 aliphatic heterocycles. The van der Waals surface area contributed by atoms with Crippen molar-refractivity contribution in [3.05, 3.63) is 289 Å². The first-order valence-electron chi connectivity index (χ1n) is 23.6. The molecule has 0 aromatic heterocycles. The van der Waals surface area contributed by atoms with E-state index in [9.17, 15) is 0 Å². The third-order valence-corrected chi connectivity index (χ3v) is 12.1. The SMILES string of the molecule is Cc1ccc(N(c2ccc(C=NN(c3ccccc3)c3ccccc3)cc2)c2ccc(-c3ccc(N(c4ccc(C)cc4)c4ccc(C=NN(c5ccccc5)c5ccccc5)cc4)cc3)cc2)cc1. The molecule has 0 spiro atoms. The fourth-order valence-electron chi connectivity index (χ4n) is 8.40. The summed E-state index contributed by atoms with van der Waals surface area (Å²) in [5.41, 5.74) is 17.1. The van der Waals surface area contributed by atoms with Crippen molar-refractivity contribution in [3.8, 4) is 11.1 Å². The minimum absolute atomic E-state index is 0.996. The van der Waals surface area contributed by atoms with Crippen LogP contribution in [-0.4, -0.2) is 12.4 Å². The molecule has 0 aliphatic rings. The Kier molecular flexibility index (Phi) is 13.5. The van der Waals surface area contributed by atoms with Gasteiger partial charge in [0.1, 0.15) is 0 Å². The number of hydrogen-bond donors (Lipinski definition) is 0. The predicted octanol–water partition coefficient (Wildman–Crippen LogP) is 17.3. The Morgan fingerprint density at radius 2 is 0.471 bits per heavy atom. The summed E-state index contributed by atoms with van der Waals surface area (Å²) in [6.07, 6.45) is 3.83. The summed E-state index contributed by atoms with van der Waals surface area (Å²) in [6.45, 7) is 4.24. The maximum Gasteiger partial charge on any atom is 0.0652 e. The normalized spacial score (nSPS) is 11.2. The average molecular weight is 905 g/mol. The van der Waals surface area contributed by atoms with Gasteiger partial charge in [0.2, 0.25) is 0 Å². The molecule has 0 aliphatic carbocycles. The minimum Gasteiger partial charge on any atom is -0.311 e. The highest BCUT2D eigenvalue weighted by atomic mass is 15.5. The molecule has 70 heavy (non-hydrogen) atoms. The smallest absolute Gasteiger partial charge is 0.0652 e. The highest BCUT2D eigenvalue weighted by Crippen LogP contribution is 2.39. The molecule has 10 aromatic carbocycles. The van der Waals surface area contributed by atoms with E-state index in [0.717, 1.165) is 79.1 Å². The van der Waals surface area contributed by atoms with E-state index in [4.69, 9.17) is 10.2 Å². The van der Waals surface area contributed by atoms with Gasteiger partial charge in [0.15, 0.2) is 0 Å². The molecule has 0 saturated carbocycles. The van der Waals surface area contributed by atoms with Crippen molar-refractivity contribution in [1.82, 2.24) is 0 Å². The van der Waals surface area contributed by atoms with Crippen LogP contribution >= 0.6 is 0 Å². The van der Waals surface area contributed by atoms with Crippen LogP contribution < -0.4 is 19.8 Å². The Bertz CT molecular complexity index is 2960. The minimum atomic E-state index is 0.996. The van der Waals surface area contributed by atoms with E-state index in [1.807, 2.05) is 95.2 Å². The third kappa shape index (κ3) is 10.5. The third-order valence-electron chi connectivity index (χ3n) is 12.1. The highest BCUT2D eigenvalue weighted by molar-refractivity contribution is 5.86. The van der Waals surface area contributed by atoms with Gasteiger partial charge in [-0.2, -0.15) is 10.2 Å². The number of rotatable bonds is 15. The molecule has 0 heterocycles. The van der Waals surface area contributed by atoms with Crippen molar-refractivity contribution in [2.75, 3.05) is 19.8 Å². The van der Waals surface area contributed by atoms with E-state index >= 15 is 0 Å². The molecule has 0 fully saturated rings. The number of aryl methyl sites for hydroxylation is 2. The van der Waals surface area contributed by atoms with Crippen LogP contribution in [0.25, 0.3) is 11.1 Å². The number of benzene rings is 10. The van der Waals surface area contributed by atoms with Crippen LogP contribution in [0.5, 0.6) is 0 Å². The lowest BCUT2D eigenvalue weighted by Crippen LogP contribution is -2.11. The molecule has 10 aromatic rings. The first-order valence-corrected chi connectivity index (χ1v) is 23.6. The van der Waals surface area contributed by atoms with Crippen LogP contribution in [0.15, 0.2) is 277 Å². The van der Waals surface area contributed by atoms with Gasteiger partial charge in [-0.05, 0) is 157 Å². The van der Waals surface area contributed by atoms with E-state index in [1.54, 1.807) is 0 Å². The molecule has 0 N–H and O–H groups in total. The topological polar surface area (TPSA) is 37.7 Å². The molecule has 6 nitrogen and oxygen atoms in total. The number of hydrazone groups is 2. The molecule has 0 amide bonds. The van der Waals surface area contributed by atoms with Crippen molar-refractivity contribution in [1.29, 1.82) is 0 Å². The zero-order chi connectivity index (χ0) is 47.5. The summed E-state index contributed by atoms with van der Waals surface area (Å²) in [5, 5.41) is 13.8. The summed E-state index contributed by atoms with van der Waals surface area (Å²) >= 11 is 0. The lowest BCUT2D eigenvalue weighted by atomic mass is 10.0. The maximum absolute atomic E-state index is 4.94. The van der Waals surface area contributed by atoms with Crippen LogP contribution in [-0.2, 0) is 0 Å². The Balaban J connectivity index is 0.894. The number of hydrogen-bond acceptors (Lipinski definition) is 6. The Labute approximate surface area is 411 Å². The van der Waals surface area contributed by atoms with Crippen molar-refractivity contribution >= 4 is 69.3 Å². The van der Waals surface area contributed by atoms with E-state index in [1.165, 1.54) is 11.1 Å². The molecule has 0 atom stereocenters. The fourth-order valence-corrected chi connectivity index (χ4v) is 8.40. The molecule has 10 rings (SSSR count). The van der Waals surface area contributed by atoms with Crippen molar-refractivity contribution in [2.24, 2.45) is 10.2 Å². The highest BCUT2D eigenvalue weighted by Gasteiger charge is 2.16. The summed E-state index contributed by atoms with van der Waals surface area (Å²) in [5.74, 6) is 0. The van der Waals surface area contributed by atoms with E-state index in [-0.39, 0.29) is 0 Å². The van der Waals surface area contributed by atoms with Crippen molar-refractivity contribution < 1.29 is 0 Å². The van der Waals surface area contributed by atoms with Gasteiger partial charge in [0.05, 0.1) is 35.2 Å². The monoisotopic (exact) mass is 904 g/mol. The van der Waals surface area contributed by atoms with Crippen LogP contribution in [0.3, 0.4) is 0 Å². The average Bonchev–Trinajstić information content (AvgIpc) is 3.42. The van der Waals surface area contributed by atoms with Gasteiger partial charge >= 0.3 is 0 Å². The van der Waals surface area contributed by atoms with Crippen molar-refractivity contribution in [2.45, 2.75) is 13.8 Å². The molecule has 6 heteroatoms. The van der Waals surface area contributed by atoms with Crippen molar-refractivity contribution in [3.63, 3.8) is 0 Å². The van der Waals surface area contributed by atoms with Gasteiger partial charge in [-0.3, -0.25) is 0 Å². The molecule has 0 unspecified atom stereocenters. The standard InChI is InChI=1S/C64H52N6/c1-49-23-35-55(36-24-49)67(57-39-27-51(28-40-57)47-65-69(61-15-7-3-8-16-61)62-17-9-4-10-18-62)59-43-31-53(32-44-59)54-33-45-60(46-34-54)68(56-37-25-50(2)26-38-56)58-41-29-52(30-42-58)48-66-70(63-19-11-5-12-20-63)64-21-13-6-14-22-64/h3-48H,1-2H3. The van der Waals surface area contributed by atoms with Gasteiger partial charge in [-0.15, -0.1) is 0 Å². The molecular formula is C64H52N6. The van der Waals surface area contributed by atoms with Crippen LogP contribution in [0.2, 0.25) is 0 Å². The Morgan fingerprint density at radius 3 is 0.729 bits per heavy atom. The summed E-state index contributed by atoms with van der Waals surface area (Å²) in [7, 11) is 0. The second-order valence-corrected chi connectivity index (χ2v) is 17.1. The van der Waals surface area contributed by atoms with Crippen LogP contribution in [0, 0.1) is 13.8 Å². The van der Waals surface area contributed by atoms with Crippen LogP contribution in [0.1, 0.15) is 22.3 Å². The lowest BCUT2D eigenvalue weighted by Gasteiger charge is -2.26. The first-order chi connectivity index (χ1) is 34.5. The van der Waals surface area contributed by atoms with Crippen LogP contribution in [0.4, 0.5) is 56.9 Å². The maximum atomic E-state index is 4.94. The molecule has 0 radical (unpaired) electrons. The summed E-state index contributed by atoms with van der Waals surface area (Å²) in [4.78, 5) is 4.60. The molecular weight excluding hydrogens is 853 g/mol. The number of para-hydroxylation sites is 4. The zero-order valence-corrected chi connectivity index (χ0v) is 39.2. The Hall–Kier alpha value is -9.26.